The minimum absolute atomic E-state index is 0.0119. The largest absolute Gasteiger partial charge is 0.489 e. The Bertz CT molecular complexity index is 1540. The summed E-state index contributed by atoms with van der Waals surface area (Å²) in [6.07, 6.45) is 4.95. The molecule has 1 fully saturated rings. The molecule has 5 rings (SSSR count). The van der Waals surface area contributed by atoms with Crippen LogP contribution >= 0.6 is 0 Å². The van der Waals surface area contributed by atoms with Gasteiger partial charge in [-0.25, -0.2) is 8.42 Å². The number of hydrogen-bond donors (Lipinski definition) is 3. The molecule has 1 aliphatic carbocycles. The van der Waals surface area contributed by atoms with Crippen molar-refractivity contribution in [3.63, 3.8) is 0 Å². The Morgan fingerprint density at radius 3 is 2.44 bits per heavy atom. The standard InChI is InChI=1S/C34H43N3O7S/c1-24(38)34(44-32-16-15-30(21-31(32)36-45(2,40)41)42-22-25-9-5-3-6-10-25)35-28-13-11-26-12-14-29(20-27(26)19-28)43-23-33(39)37-17-7-4-8-18-37/h3,5-6,9-10,12,14-16,20-21,24,28,34-36,38H,4,7-8,11,13,17-19,22-23H2,1-2H3. The van der Waals surface area contributed by atoms with E-state index in [2.05, 4.69) is 16.1 Å². The summed E-state index contributed by atoms with van der Waals surface area (Å²) in [5.41, 5.74) is 3.53. The molecule has 1 aliphatic heterocycles. The first-order valence-corrected chi connectivity index (χ1v) is 17.4. The van der Waals surface area contributed by atoms with E-state index in [1.54, 1.807) is 25.1 Å². The fraction of sp³-hybridized carbons (Fsp3) is 0.441. The molecule has 1 saturated heterocycles. The summed E-state index contributed by atoms with van der Waals surface area (Å²) in [5, 5.41) is 14.1. The van der Waals surface area contributed by atoms with E-state index >= 15 is 0 Å². The summed E-state index contributed by atoms with van der Waals surface area (Å²) in [4.78, 5) is 14.4. The number of benzene rings is 3. The zero-order chi connectivity index (χ0) is 31.8. The van der Waals surface area contributed by atoms with Crippen LogP contribution in [0.2, 0.25) is 0 Å². The maximum atomic E-state index is 12.6. The van der Waals surface area contributed by atoms with E-state index in [0.717, 1.165) is 56.2 Å². The van der Waals surface area contributed by atoms with E-state index in [1.807, 2.05) is 47.4 Å². The number of sulfonamides is 1. The van der Waals surface area contributed by atoms with Gasteiger partial charge in [-0.1, -0.05) is 36.4 Å². The lowest BCUT2D eigenvalue weighted by molar-refractivity contribution is -0.134. The summed E-state index contributed by atoms with van der Waals surface area (Å²) in [6, 6.07) is 20.5. The molecule has 3 atom stereocenters. The van der Waals surface area contributed by atoms with Crippen LogP contribution in [0.3, 0.4) is 0 Å². The Morgan fingerprint density at radius 2 is 1.71 bits per heavy atom. The molecule has 0 bridgehead atoms. The molecule has 45 heavy (non-hydrogen) atoms. The van der Waals surface area contributed by atoms with Gasteiger partial charge in [0, 0.05) is 25.2 Å². The first-order chi connectivity index (χ1) is 21.6. The van der Waals surface area contributed by atoms with E-state index in [4.69, 9.17) is 14.2 Å². The second kappa shape index (κ2) is 15.0. The average molecular weight is 638 g/mol. The lowest BCUT2D eigenvalue weighted by Crippen LogP contribution is -2.50. The number of aryl methyl sites for hydroxylation is 1. The highest BCUT2D eigenvalue weighted by atomic mass is 32.2. The molecule has 0 spiro atoms. The SMILES string of the molecule is CC(O)C(NC1CCc2ccc(OCC(=O)N3CCCCC3)cc2C1)Oc1ccc(OCc2ccccc2)cc1NS(C)(=O)=O. The van der Waals surface area contributed by atoms with Crippen LogP contribution in [0, 0.1) is 0 Å². The molecule has 1 amide bonds. The number of aliphatic hydroxyl groups excluding tert-OH is 1. The minimum Gasteiger partial charge on any atom is -0.489 e. The van der Waals surface area contributed by atoms with E-state index < -0.39 is 22.4 Å². The van der Waals surface area contributed by atoms with Gasteiger partial charge in [0.05, 0.1) is 11.9 Å². The zero-order valence-electron chi connectivity index (χ0n) is 25.9. The highest BCUT2D eigenvalue weighted by molar-refractivity contribution is 7.92. The lowest BCUT2D eigenvalue weighted by atomic mass is 9.88. The van der Waals surface area contributed by atoms with E-state index in [-0.39, 0.29) is 30.0 Å². The number of anilines is 1. The fourth-order valence-corrected chi connectivity index (χ4v) is 6.27. The number of carbonyl (C=O) groups excluding carboxylic acids is 1. The monoisotopic (exact) mass is 637 g/mol. The Labute approximate surface area is 265 Å². The van der Waals surface area contributed by atoms with Gasteiger partial charge in [0.25, 0.3) is 5.91 Å². The smallest absolute Gasteiger partial charge is 0.260 e. The molecule has 0 saturated carbocycles. The Morgan fingerprint density at radius 1 is 0.978 bits per heavy atom. The molecular weight excluding hydrogens is 594 g/mol. The number of rotatable bonds is 13. The Hall–Kier alpha value is -3.80. The van der Waals surface area contributed by atoms with Crippen molar-refractivity contribution in [3.05, 3.63) is 83.4 Å². The van der Waals surface area contributed by atoms with Gasteiger partial charge in [-0.15, -0.1) is 0 Å². The number of hydrogen-bond acceptors (Lipinski definition) is 8. The summed E-state index contributed by atoms with van der Waals surface area (Å²) in [6.45, 7) is 3.56. The molecule has 2 aliphatic rings. The predicted molar refractivity (Wildman–Crippen MR) is 173 cm³/mol. The molecular formula is C34H43N3O7S. The van der Waals surface area contributed by atoms with Crippen molar-refractivity contribution >= 4 is 21.6 Å². The second-order valence-electron chi connectivity index (χ2n) is 11.9. The normalized spacial score (nSPS) is 17.9. The van der Waals surface area contributed by atoms with Crippen molar-refractivity contribution < 1.29 is 32.5 Å². The number of nitrogens with one attached hydrogen (secondary N) is 2. The number of likely N-dealkylation sites (tertiary alicyclic amines) is 1. The van der Waals surface area contributed by atoms with Crippen LogP contribution < -0.4 is 24.2 Å². The van der Waals surface area contributed by atoms with Gasteiger partial charge in [-0.3, -0.25) is 14.8 Å². The highest BCUT2D eigenvalue weighted by Gasteiger charge is 2.27. The van der Waals surface area contributed by atoms with Crippen LogP contribution in [0.15, 0.2) is 66.7 Å². The van der Waals surface area contributed by atoms with Gasteiger partial charge in [-0.05, 0) is 86.4 Å². The third kappa shape index (κ3) is 9.59. The summed E-state index contributed by atoms with van der Waals surface area (Å²) in [5.74, 6) is 1.41. The van der Waals surface area contributed by atoms with Gasteiger partial charge in [-0.2, -0.15) is 0 Å². The van der Waals surface area contributed by atoms with Gasteiger partial charge in [0.15, 0.2) is 12.8 Å². The number of fused-ring (bicyclic) bond motifs is 1. The number of amides is 1. The third-order valence-corrected chi connectivity index (χ3v) is 8.65. The van der Waals surface area contributed by atoms with Crippen LogP contribution in [-0.4, -0.2) is 68.7 Å². The number of ether oxygens (including phenoxy) is 3. The van der Waals surface area contributed by atoms with E-state index in [0.29, 0.717) is 24.5 Å². The van der Waals surface area contributed by atoms with Gasteiger partial charge >= 0.3 is 0 Å². The molecule has 11 heteroatoms. The predicted octanol–water partition coefficient (Wildman–Crippen LogP) is 4.26. The van der Waals surface area contributed by atoms with Crippen LogP contribution in [-0.2, 0) is 34.3 Å². The van der Waals surface area contributed by atoms with E-state index in [9.17, 15) is 18.3 Å². The third-order valence-electron chi connectivity index (χ3n) is 8.06. The Balaban J connectivity index is 1.23. The number of carbonyl (C=O) groups is 1. The number of nitrogens with zero attached hydrogens (tertiary/aromatic N) is 1. The number of piperidine rings is 1. The lowest BCUT2D eigenvalue weighted by Gasteiger charge is -2.32. The molecule has 3 aromatic rings. The minimum atomic E-state index is -3.63. The molecule has 3 N–H and O–H groups in total. The zero-order valence-corrected chi connectivity index (χ0v) is 26.7. The molecule has 1 heterocycles. The van der Waals surface area contributed by atoms with Crippen LogP contribution in [0.1, 0.15) is 49.3 Å². The molecule has 3 unspecified atom stereocenters. The molecule has 0 aromatic heterocycles. The van der Waals surface area contributed by atoms with Crippen molar-refractivity contribution in [2.45, 2.75) is 70.4 Å². The van der Waals surface area contributed by atoms with E-state index in [1.165, 1.54) is 12.0 Å². The summed E-state index contributed by atoms with van der Waals surface area (Å²) < 4.78 is 44.9. The summed E-state index contributed by atoms with van der Waals surface area (Å²) >= 11 is 0. The van der Waals surface area contributed by atoms with Gasteiger partial charge in [0.2, 0.25) is 10.0 Å². The highest BCUT2D eigenvalue weighted by Crippen LogP contribution is 2.32. The van der Waals surface area contributed by atoms with Crippen LogP contribution in [0.4, 0.5) is 5.69 Å². The fourth-order valence-electron chi connectivity index (χ4n) is 5.71. The maximum absolute atomic E-state index is 12.6. The van der Waals surface area contributed by atoms with Crippen molar-refractivity contribution in [2.75, 3.05) is 30.7 Å². The van der Waals surface area contributed by atoms with Crippen molar-refractivity contribution in [2.24, 2.45) is 0 Å². The van der Waals surface area contributed by atoms with Crippen molar-refractivity contribution in [3.8, 4) is 17.2 Å². The van der Waals surface area contributed by atoms with Crippen LogP contribution in [0.25, 0.3) is 0 Å². The van der Waals surface area contributed by atoms with Crippen LogP contribution in [0.5, 0.6) is 17.2 Å². The second-order valence-corrected chi connectivity index (χ2v) is 13.6. The number of aliphatic hydroxyl groups is 1. The topological polar surface area (TPSA) is 126 Å². The molecule has 10 nitrogen and oxygen atoms in total. The Kier molecular flexibility index (Phi) is 10.9. The molecule has 3 aromatic carbocycles. The molecule has 242 valence electrons. The maximum Gasteiger partial charge on any atom is 0.260 e. The summed E-state index contributed by atoms with van der Waals surface area (Å²) in [7, 11) is -3.63. The molecule has 0 radical (unpaired) electrons. The first-order valence-electron chi connectivity index (χ1n) is 15.5. The average Bonchev–Trinajstić information content (AvgIpc) is 3.03. The van der Waals surface area contributed by atoms with Gasteiger partial charge < -0.3 is 24.2 Å². The van der Waals surface area contributed by atoms with Crippen molar-refractivity contribution in [1.82, 2.24) is 10.2 Å². The first kappa shape index (κ1) is 32.6. The quantitative estimate of drug-likeness (QED) is 0.238. The van der Waals surface area contributed by atoms with Crippen molar-refractivity contribution in [1.29, 1.82) is 0 Å². The van der Waals surface area contributed by atoms with Gasteiger partial charge in [0.1, 0.15) is 30.0 Å².